The van der Waals surface area contributed by atoms with Crippen LogP contribution in [-0.4, -0.2) is 32.9 Å². The van der Waals surface area contributed by atoms with Crippen LogP contribution in [-0.2, 0) is 16.0 Å². The van der Waals surface area contributed by atoms with Gasteiger partial charge in [-0.3, -0.25) is 0 Å². The predicted octanol–water partition coefficient (Wildman–Crippen LogP) is 3.80. The molecule has 146 valence electrons. The zero-order valence-corrected chi connectivity index (χ0v) is 16.0. The number of ether oxygens (including phenoxy) is 4. The minimum absolute atomic E-state index is 0.0668. The first-order valence-electron chi connectivity index (χ1n) is 8.90. The van der Waals surface area contributed by atoms with Crippen molar-refractivity contribution in [3.05, 3.63) is 59.7 Å². The van der Waals surface area contributed by atoms with E-state index in [1.165, 1.54) is 18.7 Å². The van der Waals surface area contributed by atoms with Gasteiger partial charge in [-0.1, -0.05) is 25.1 Å². The van der Waals surface area contributed by atoms with Crippen molar-refractivity contribution >= 4 is 12.0 Å². The lowest BCUT2D eigenvalue weighted by Crippen LogP contribution is -2.10. The highest BCUT2D eigenvalue weighted by molar-refractivity contribution is 5.87. The van der Waals surface area contributed by atoms with Crippen LogP contribution in [0.25, 0.3) is 6.08 Å². The molecule has 0 N–H and O–H groups in total. The Balaban J connectivity index is 1.80. The highest BCUT2D eigenvalue weighted by Gasteiger charge is 2.05. The van der Waals surface area contributed by atoms with Gasteiger partial charge in [0.05, 0.1) is 7.11 Å². The van der Waals surface area contributed by atoms with E-state index < -0.39 is 5.97 Å². The average molecular weight is 381 g/mol. The maximum atomic E-state index is 11.8. The van der Waals surface area contributed by atoms with Crippen LogP contribution >= 0.6 is 0 Å². The molecule has 6 nitrogen and oxygen atoms in total. The maximum absolute atomic E-state index is 11.8. The summed E-state index contributed by atoms with van der Waals surface area (Å²) >= 11 is 0. The van der Waals surface area contributed by atoms with Crippen molar-refractivity contribution in [3.63, 3.8) is 0 Å². The number of benzene rings is 2. The Labute approximate surface area is 164 Å². The molecule has 0 spiro atoms. The second-order valence-electron chi connectivity index (χ2n) is 5.71. The highest BCUT2D eigenvalue weighted by atomic mass is 16.6. The summed E-state index contributed by atoms with van der Waals surface area (Å²) in [6.07, 6.45) is 3.89. The van der Waals surface area contributed by atoms with Crippen molar-refractivity contribution < 1.29 is 23.7 Å². The third-order valence-corrected chi connectivity index (χ3v) is 3.79. The Morgan fingerprint density at radius 1 is 1.11 bits per heavy atom. The van der Waals surface area contributed by atoms with Crippen LogP contribution < -0.4 is 14.2 Å². The lowest BCUT2D eigenvalue weighted by molar-refractivity contribution is -0.138. The Morgan fingerprint density at radius 2 is 1.96 bits per heavy atom. The number of carbonyl (C=O) groups excluding carboxylic acids is 1. The zero-order valence-electron chi connectivity index (χ0n) is 16.0. The molecular formula is C22H23NO5. The van der Waals surface area contributed by atoms with Gasteiger partial charge in [-0.05, 0) is 47.9 Å². The fourth-order valence-corrected chi connectivity index (χ4v) is 2.39. The number of carbonyl (C=O) groups is 1. The molecule has 2 aromatic rings. The standard InChI is InChI=1S/C22H23NO5/c1-3-17-5-4-6-19(15-17)26-13-14-28-22(24)10-8-18-7-9-20(27-12-11-23)21(16-18)25-2/h4-10,15-16H,3,12-14H2,1-2H3/b10-8+. The van der Waals surface area contributed by atoms with Crippen molar-refractivity contribution in [3.8, 4) is 23.3 Å². The minimum atomic E-state index is -0.463. The highest BCUT2D eigenvalue weighted by Crippen LogP contribution is 2.28. The minimum Gasteiger partial charge on any atom is -0.493 e. The molecule has 0 aliphatic heterocycles. The molecule has 0 aliphatic carbocycles. The van der Waals surface area contributed by atoms with E-state index in [0.29, 0.717) is 11.5 Å². The fourth-order valence-electron chi connectivity index (χ4n) is 2.39. The number of nitrogens with zero attached hydrogens (tertiary/aromatic N) is 1. The molecule has 0 aromatic heterocycles. The van der Waals surface area contributed by atoms with Gasteiger partial charge in [0.15, 0.2) is 18.1 Å². The zero-order chi connectivity index (χ0) is 20.2. The summed E-state index contributed by atoms with van der Waals surface area (Å²) in [7, 11) is 1.51. The average Bonchev–Trinajstić information content (AvgIpc) is 2.74. The lowest BCUT2D eigenvalue weighted by atomic mass is 10.2. The van der Waals surface area contributed by atoms with Crippen LogP contribution in [0.5, 0.6) is 17.2 Å². The van der Waals surface area contributed by atoms with Crippen molar-refractivity contribution in [2.75, 3.05) is 26.9 Å². The van der Waals surface area contributed by atoms with Crippen LogP contribution in [0.4, 0.5) is 0 Å². The van der Waals surface area contributed by atoms with Crippen molar-refractivity contribution in [2.24, 2.45) is 0 Å². The Hall–Kier alpha value is -3.46. The molecule has 0 saturated heterocycles. The van der Waals surface area contributed by atoms with Crippen molar-refractivity contribution in [2.45, 2.75) is 13.3 Å². The number of rotatable bonds is 10. The van der Waals surface area contributed by atoms with Gasteiger partial charge in [0.1, 0.15) is 25.0 Å². The Kier molecular flexibility index (Phi) is 8.41. The number of aryl methyl sites for hydroxylation is 1. The van der Waals surface area contributed by atoms with Gasteiger partial charge >= 0.3 is 5.97 Å². The van der Waals surface area contributed by atoms with E-state index in [9.17, 15) is 4.79 Å². The molecule has 0 atom stereocenters. The van der Waals surface area contributed by atoms with E-state index in [-0.39, 0.29) is 19.8 Å². The molecule has 0 saturated carbocycles. The first-order valence-corrected chi connectivity index (χ1v) is 8.90. The summed E-state index contributed by atoms with van der Waals surface area (Å²) in [6.45, 7) is 2.45. The van der Waals surface area contributed by atoms with Crippen molar-refractivity contribution in [1.29, 1.82) is 5.26 Å². The smallest absolute Gasteiger partial charge is 0.330 e. The van der Waals surface area contributed by atoms with Gasteiger partial charge in [0.2, 0.25) is 0 Å². The summed E-state index contributed by atoms with van der Waals surface area (Å²) in [4.78, 5) is 11.8. The number of hydrogen-bond acceptors (Lipinski definition) is 6. The van der Waals surface area contributed by atoms with E-state index in [2.05, 4.69) is 6.92 Å². The third-order valence-electron chi connectivity index (χ3n) is 3.79. The predicted molar refractivity (Wildman–Crippen MR) is 105 cm³/mol. The second kappa shape index (κ2) is 11.3. The van der Waals surface area contributed by atoms with Crippen LogP contribution in [0.1, 0.15) is 18.1 Å². The number of esters is 1. The van der Waals surface area contributed by atoms with E-state index in [1.54, 1.807) is 24.3 Å². The van der Waals surface area contributed by atoms with Gasteiger partial charge in [-0.2, -0.15) is 5.26 Å². The van der Waals surface area contributed by atoms with E-state index in [1.807, 2.05) is 30.3 Å². The fraction of sp³-hybridized carbons (Fsp3) is 0.273. The monoisotopic (exact) mass is 381 g/mol. The molecule has 2 aromatic carbocycles. The Bertz CT molecular complexity index is 854. The van der Waals surface area contributed by atoms with Crippen LogP contribution in [0, 0.1) is 11.3 Å². The molecular weight excluding hydrogens is 358 g/mol. The topological polar surface area (TPSA) is 77.8 Å². The summed E-state index contributed by atoms with van der Waals surface area (Å²) in [5.74, 6) is 1.24. The summed E-state index contributed by atoms with van der Waals surface area (Å²) in [6, 6.07) is 14.9. The molecule has 6 heteroatoms. The van der Waals surface area contributed by atoms with Crippen LogP contribution in [0.2, 0.25) is 0 Å². The molecule has 0 unspecified atom stereocenters. The largest absolute Gasteiger partial charge is 0.493 e. The molecule has 0 fully saturated rings. The lowest BCUT2D eigenvalue weighted by Gasteiger charge is -2.09. The summed E-state index contributed by atoms with van der Waals surface area (Å²) in [5, 5.41) is 8.58. The van der Waals surface area contributed by atoms with Gasteiger partial charge in [0, 0.05) is 6.08 Å². The SMILES string of the molecule is CCc1cccc(OCCOC(=O)/C=C/c2ccc(OCC#N)c(OC)c2)c1. The molecule has 2 rings (SSSR count). The van der Waals surface area contributed by atoms with Gasteiger partial charge < -0.3 is 18.9 Å². The Morgan fingerprint density at radius 3 is 2.71 bits per heavy atom. The molecule has 0 amide bonds. The summed E-state index contributed by atoms with van der Waals surface area (Å²) in [5.41, 5.74) is 1.93. The normalized spacial score (nSPS) is 10.3. The molecule has 0 radical (unpaired) electrons. The van der Waals surface area contributed by atoms with Crippen LogP contribution in [0.15, 0.2) is 48.5 Å². The quantitative estimate of drug-likeness (QED) is 0.354. The van der Waals surface area contributed by atoms with Gasteiger partial charge in [-0.15, -0.1) is 0 Å². The molecule has 28 heavy (non-hydrogen) atoms. The maximum Gasteiger partial charge on any atom is 0.330 e. The molecule has 0 bridgehead atoms. The van der Waals surface area contributed by atoms with Crippen LogP contribution in [0.3, 0.4) is 0 Å². The number of nitriles is 1. The van der Waals surface area contributed by atoms with E-state index >= 15 is 0 Å². The van der Waals surface area contributed by atoms with E-state index in [0.717, 1.165) is 17.7 Å². The molecule has 0 aliphatic rings. The third kappa shape index (κ3) is 6.69. The summed E-state index contributed by atoms with van der Waals surface area (Å²) < 4.78 is 21.2. The van der Waals surface area contributed by atoms with Gasteiger partial charge in [0.25, 0.3) is 0 Å². The number of hydrogen-bond donors (Lipinski definition) is 0. The van der Waals surface area contributed by atoms with E-state index in [4.69, 9.17) is 24.2 Å². The van der Waals surface area contributed by atoms with Crippen molar-refractivity contribution in [1.82, 2.24) is 0 Å². The number of methoxy groups -OCH3 is 1. The molecule has 0 heterocycles. The van der Waals surface area contributed by atoms with Gasteiger partial charge in [-0.25, -0.2) is 4.79 Å². The first kappa shape index (κ1) is 20.8. The second-order valence-corrected chi connectivity index (χ2v) is 5.71. The first-order chi connectivity index (χ1) is 13.7.